The number of rotatable bonds is 5. The van der Waals surface area contributed by atoms with Crippen LogP contribution in [0, 0.1) is 12.8 Å². The van der Waals surface area contributed by atoms with Crippen LogP contribution < -0.4 is 11.3 Å². The molecule has 3 aromatic heterocycles. The Labute approximate surface area is 367 Å². The van der Waals surface area contributed by atoms with Crippen molar-refractivity contribution in [3.8, 4) is 5.88 Å². The van der Waals surface area contributed by atoms with Crippen LogP contribution in [0.15, 0.2) is 65.5 Å². The van der Waals surface area contributed by atoms with E-state index in [-0.39, 0.29) is 48.4 Å². The predicted octanol–water partition coefficient (Wildman–Crippen LogP) is 7.51. The Kier molecular flexibility index (Phi) is 15.6. The number of nitrogens with two attached hydrogens (primary N) is 1. The number of aromatic nitrogens is 5. The first-order chi connectivity index (χ1) is 29.1. The van der Waals surface area contributed by atoms with Crippen molar-refractivity contribution >= 4 is 35.4 Å². The molecule has 17 nitrogen and oxygen atoms in total. The third-order valence-corrected chi connectivity index (χ3v) is 10.2. The molecule has 2 aromatic carbocycles. The van der Waals surface area contributed by atoms with Crippen molar-refractivity contribution in [3.63, 3.8) is 0 Å². The van der Waals surface area contributed by atoms with E-state index in [1.165, 1.54) is 23.9 Å². The molecule has 63 heavy (non-hydrogen) atoms. The summed E-state index contributed by atoms with van der Waals surface area (Å²) in [5.41, 5.74) is 10.7. The number of ether oxygens (including phenoxy) is 3. The number of aromatic amines is 2. The predicted molar refractivity (Wildman–Crippen MR) is 238 cm³/mol. The standard InChI is InChI=1S/C21H24N4O4.C17H22N4O2.C7H12O3.CH4/c1-12-18(26)22-17-10-15(23-25(17)19(12)27)16-9-13-7-5-6-8-14(13)11-24(16)20(28)29-21(2,3)4;1-17(2,3)23-16(22)21-10-12-7-5-4-6-11(12)8-14(21)13-9-15(18)20-19-13;1-4-10-7(9)5(2)6(3)8;/h5-8,10,16,27H,9,11H2,1-4H3,(H,22,26);4-7,9,14H,8,10H2,1-3H3,(H3,18,19,20);5H,4H2,1-3H3;1H4/t16-;14-;;/m00../s1. The monoisotopic (exact) mass is 870 g/mol. The third kappa shape index (κ3) is 12.3. The smallest absolute Gasteiger partial charge is 0.411 e. The van der Waals surface area contributed by atoms with Gasteiger partial charge in [-0.2, -0.15) is 14.7 Å². The summed E-state index contributed by atoms with van der Waals surface area (Å²) in [6.07, 6.45) is 0.508. The minimum atomic E-state index is -0.627. The van der Waals surface area contributed by atoms with Gasteiger partial charge in [0.1, 0.15) is 34.4 Å². The fraction of sp³-hybridized carbons (Fsp3) is 0.457. The van der Waals surface area contributed by atoms with Gasteiger partial charge in [-0.05, 0) is 104 Å². The second-order valence-corrected chi connectivity index (χ2v) is 17.3. The van der Waals surface area contributed by atoms with E-state index in [9.17, 15) is 29.1 Å². The van der Waals surface area contributed by atoms with Crippen LogP contribution >= 0.6 is 0 Å². The summed E-state index contributed by atoms with van der Waals surface area (Å²) in [6.45, 7) is 18.5. The average molecular weight is 871 g/mol. The molecular weight excluding hydrogens is 809 g/mol. The molecule has 0 radical (unpaired) electrons. The Balaban J connectivity index is 0.000000229. The van der Waals surface area contributed by atoms with Crippen molar-refractivity contribution in [3.05, 3.63) is 110 Å². The number of hydrogen-bond acceptors (Lipinski definition) is 12. The highest BCUT2D eigenvalue weighted by Crippen LogP contribution is 2.36. The highest BCUT2D eigenvalue weighted by atomic mass is 16.6. The van der Waals surface area contributed by atoms with Gasteiger partial charge in [0.2, 0.25) is 5.88 Å². The van der Waals surface area contributed by atoms with E-state index in [1.807, 2.05) is 84.0 Å². The molecule has 0 saturated heterocycles. The van der Waals surface area contributed by atoms with Crippen LogP contribution in [-0.4, -0.2) is 81.4 Å². The Morgan fingerprint density at radius 2 is 1.35 bits per heavy atom. The summed E-state index contributed by atoms with van der Waals surface area (Å²) in [7, 11) is 0. The zero-order valence-electron chi connectivity index (χ0n) is 37.1. The number of nitrogens with one attached hydrogen (secondary N) is 2. The van der Waals surface area contributed by atoms with Crippen LogP contribution in [0.2, 0.25) is 0 Å². The molecule has 2 amide bonds. The Bertz CT molecular complexity index is 2480. The summed E-state index contributed by atoms with van der Waals surface area (Å²) in [5, 5.41) is 21.7. The van der Waals surface area contributed by atoms with Gasteiger partial charge in [-0.3, -0.25) is 29.3 Å². The van der Waals surface area contributed by atoms with E-state index >= 15 is 0 Å². The molecule has 0 aliphatic carbocycles. The second kappa shape index (κ2) is 20.0. The molecule has 1 unspecified atom stereocenters. The molecule has 3 atom stereocenters. The summed E-state index contributed by atoms with van der Waals surface area (Å²) in [6, 6.07) is 19.0. The van der Waals surface area contributed by atoms with Gasteiger partial charge in [0.05, 0.1) is 35.6 Å². The van der Waals surface area contributed by atoms with Crippen LogP contribution in [0.4, 0.5) is 15.4 Å². The number of aromatic hydroxyl groups is 1. The van der Waals surface area contributed by atoms with E-state index in [2.05, 4.69) is 31.1 Å². The number of carbonyl (C=O) groups excluding carboxylic acids is 4. The molecule has 0 fully saturated rings. The van der Waals surface area contributed by atoms with Crippen LogP contribution in [0.1, 0.15) is 121 Å². The van der Waals surface area contributed by atoms with E-state index in [1.54, 1.807) is 35.8 Å². The van der Waals surface area contributed by atoms with Gasteiger partial charge in [0.15, 0.2) is 0 Å². The number of nitrogen functional groups attached to an aromatic ring is 1. The fourth-order valence-corrected chi connectivity index (χ4v) is 6.85. The first kappa shape index (κ1) is 49.0. The zero-order valence-corrected chi connectivity index (χ0v) is 37.1. The normalized spacial score (nSPS) is 16.1. The lowest BCUT2D eigenvalue weighted by Crippen LogP contribution is -2.42. The summed E-state index contributed by atoms with van der Waals surface area (Å²) in [4.78, 5) is 65.0. The van der Waals surface area contributed by atoms with E-state index in [4.69, 9.17) is 15.2 Å². The number of ketones is 1. The number of H-pyrrole nitrogens is 2. The van der Waals surface area contributed by atoms with Crippen molar-refractivity contribution < 1.29 is 38.5 Å². The van der Waals surface area contributed by atoms with Crippen LogP contribution in [0.5, 0.6) is 5.88 Å². The van der Waals surface area contributed by atoms with Crippen LogP contribution in [0.25, 0.3) is 5.65 Å². The number of hydrogen-bond donors (Lipinski definition) is 4. The highest BCUT2D eigenvalue weighted by molar-refractivity contribution is 5.97. The summed E-state index contributed by atoms with van der Waals surface area (Å²) < 4.78 is 17.1. The number of nitrogens with zero attached hydrogens (tertiary/aromatic N) is 5. The summed E-state index contributed by atoms with van der Waals surface area (Å²) in [5.74, 6) is -0.994. The molecular formula is C46H62N8O9. The van der Waals surface area contributed by atoms with Crippen molar-refractivity contribution in [2.45, 2.75) is 126 Å². The number of anilines is 1. The maximum Gasteiger partial charge on any atom is 0.411 e. The lowest BCUT2D eigenvalue weighted by Gasteiger charge is -2.37. The Hall–Kier alpha value is -6.65. The minimum absolute atomic E-state index is 0. The number of Topliss-reactive ketones (excluding diaryl/α,β-unsaturated/α-hetero) is 1. The van der Waals surface area contributed by atoms with Crippen molar-refractivity contribution in [2.75, 3.05) is 12.3 Å². The van der Waals surface area contributed by atoms with Gasteiger partial charge in [-0.1, -0.05) is 56.0 Å². The number of benzene rings is 2. The highest BCUT2D eigenvalue weighted by Gasteiger charge is 2.37. The molecule has 5 N–H and O–H groups in total. The number of esters is 1. The minimum Gasteiger partial charge on any atom is -0.493 e. The number of amides is 2. The molecule has 7 rings (SSSR count). The summed E-state index contributed by atoms with van der Waals surface area (Å²) >= 11 is 0. The average Bonchev–Trinajstić information content (AvgIpc) is 3.84. The van der Waals surface area contributed by atoms with Gasteiger partial charge >= 0.3 is 18.2 Å². The van der Waals surface area contributed by atoms with E-state index < -0.39 is 29.2 Å². The van der Waals surface area contributed by atoms with Gasteiger partial charge in [0.25, 0.3) is 5.56 Å². The maximum atomic E-state index is 13.0. The van der Waals surface area contributed by atoms with Crippen molar-refractivity contribution in [1.82, 2.24) is 34.6 Å². The zero-order chi connectivity index (χ0) is 45.7. The molecule has 0 saturated carbocycles. The maximum absolute atomic E-state index is 13.0. The van der Waals surface area contributed by atoms with Crippen molar-refractivity contribution in [2.24, 2.45) is 5.92 Å². The van der Waals surface area contributed by atoms with Gasteiger partial charge in [-0.25, -0.2) is 9.59 Å². The lowest BCUT2D eigenvalue weighted by atomic mass is 9.92. The molecule has 340 valence electrons. The molecule has 0 spiro atoms. The Morgan fingerprint density at radius 1 is 0.857 bits per heavy atom. The number of carbonyl (C=O) groups is 4. The topological polar surface area (TPSA) is 228 Å². The molecule has 5 heterocycles. The first-order valence-electron chi connectivity index (χ1n) is 20.5. The lowest BCUT2D eigenvalue weighted by molar-refractivity contribution is -0.150. The van der Waals surface area contributed by atoms with Gasteiger partial charge in [-0.15, -0.1) is 0 Å². The van der Waals surface area contributed by atoms with Crippen molar-refractivity contribution in [1.29, 1.82) is 0 Å². The largest absolute Gasteiger partial charge is 0.493 e. The van der Waals surface area contributed by atoms with E-state index in [0.717, 1.165) is 22.4 Å². The fourth-order valence-electron chi connectivity index (χ4n) is 6.85. The Morgan fingerprint density at radius 3 is 1.81 bits per heavy atom. The van der Waals surface area contributed by atoms with Gasteiger partial charge < -0.3 is 30.0 Å². The third-order valence-electron chi connectivity index (χ3n) is 10.2. The SMILES string of the molecule is C.CC(C)(C)OC(=O)N1Cc2ccccc2C[C@H]1c1cc(N)n[nH]1.CCOC(=O)C(C)C(C)=O.Cc1c(O)n2nc([C@@H]3Cc4ccccc4CN3C(=O)OC(C)(C)C)cc2[nH]c1=O. The molecule has 5 aromatic rings. The molecule has 2 aliphatic heterocycles. The molecule has 0 bridgehead atoms. The van der Waals surface area contributed by atoms with Crippen LogP contribution in [-0.2, 0) is 49.7 Å². The second-order valence-electron chi connectivity index (χ2n) is 17.3. The number of fused-ring (bicyclic) bond motifs is 3. The molecule has 2 aliphatic rings. The van der Waals surface area contributed by atoms with Crippen LogP contribution in [0.3, 0.4) is 0 Å². The van der Waals surface area contributed by atoms with E-state index in [0.29, 0.717) is 49.7 Å². The molecule has 17 heteroatoms. The quantitative estimate of drug-likeness (QED) is 0.0765. The first-order valence-corrected chi connectivity index (χ1v) is 20.5. The van der Waals surface area contributed by atoms with Gasteiger partial charge in [0, 0.05) is 25.2 Å².